The normalized spacial score (nSPS) is 20.8. The van der Waals surface area contributed by atoms with Crippen LogP contribution in [0.15, 0.2) is 5.10 Å². The van der Waals surface area contributed by atoms with E-state index in [0.29, 0.717) is 0 Å². The lowest BCUT2D eigenvalue weighted by molar-refractivity contribution is 0.432. The Morgan fingerprint density at radius 1 is 0.688 bits per heavy atom. The van der Waals surface area contributed by atoms with Crippen molar-refractivity contribution < 1.29 is 0 Å². The van der Waals surface area contributed by atoms with E-state index in [1.807, 2.05) is 19.1 Å². The second-order valence-electron chi connectivity index (χ2n) is 5.20. The van der Waals surface area contributed by atoms with Crippen molar-refractivity contribution in [1.82, 2.24) is 5.01 Å². The van der Waals surface area contributed by atoms with Crippen molar-refractivity contribution in [2.75, 3.05) is 14.1 Å². The summed E-state index contributed by atoms with van der Waals surface area (Å²) in [6.45, 7) is 0. The van der Waals surface area contributed by atoms with Crippen LogP contribution >= 0.6 is 0 Å². The standard InChI is InChI=1S/C14H28N2/c1-16(2)15-14-12-10-8-6-4-3-5-7-9-11-13-14/h3-13H2,1-2H3. The van der Waals surface area contributed by atoms with Crippen LogP contribution in [-0.2, 0) is 0 Å². The molecule has 0 N–H and O–H groups in total. The van der Waals surface area contributed by atoms with Gasteiger partial charge in [0.25, 0.3) is 0 Å². The molecule has 1 rings (SSSR count). The summed E-state index contributed by atoms with van der Waals surface area (Å²) in [5.41, 5.74) is 1.42. The quantitative estimate of drug-likeness (QED) is 0.609. The molecule has 2 nitrogen and oxygen atoms in total. The molecule has 1 aliphatic rings. The maximum atomic E-state index is 4.61. The fourth-order valence-corrected chi connectivity index (χ4v) is 2.40. The highest BCUT2D eigenvalue weighted by molar-refractivity contribution is 5.84. The number of nitrogens with zero attached hydrogens (tertiary/aromatic N) is 2. The number of hydrazone groups is 1. The summed E-state index contributed by atoms with van der Waals surface area (Å²) in [6.07, 6.45) is 15.1. The van der Waals surface area contributed by atoms with Gasteiger partial charge < -0.3 is 5.01 Å². The summed E-state index contributed by atoms with van der Waals surface area (Å²) in [5, 5.41) is 6.57. The summed E-state index contributed by atoms with van der Waals surface area (Å²) >= 11 is 0. The van der Waals surface area contributed by atoms with E-state index in [2.05, 4.69) is 5.10 Å². The Balaban J connectivity index is 2.36. The van der Waals surface area contributed by atoms with Crippen LogP contribution in [0.3, 0.4) is 0 Å². The number of hydrogen-bond donors (Lipinski definition) is 0. The minimum atomic E-state index is 1.22. The van der Waals surface area contributed by atoms with E-state index in [0.717, 1.165) is 0 Å². The minimum absolute atomic E-state index is 1.22. The zero-order chi connectivity index (χ0) is 11.6. The predicted molar refractivity (Wildman–Crippen MR) is 71.9 cm³/mol. The van der Waals surface area contributed by atoms with E-state index >= 15 is 0 Å². The van der Waals surface area contributed by atoms with Crippen molar-refractivity contribution >= 4 is 5.71 Å². The zero-order valence-electron chi connectivity index (χ0n) is 11.2. The first-order valence-electron chi connectivity index (χ1n) is 7.03. The van der Waals surface area contributed by atoms with Gasteiger partial charge in [0.2, 0.25) is 0 Å². The maximum Gasteiger partial charge on any atom is 0.0380 e. The van der Waals surface area contributed by atoms with Gasteiger partial charge in [0.1, 0.15) is 0 Å². The summed E-state index contributed by atoms with van der Waals surface area (Å²) in [7, 11) is 4.06. The molecular formula is C14H28N2. The highest BCUT2D eigenvalue weighted by Crippen LogP contribution is 2.15. The summed E-state index contributed by atoms with van der Waals surface area (Å²) in [6, 6.07) is 0. The predicted octanol–water partition coefficient (Wildman–Crippen LogP) is 4.21. The van der Waals surface area contributed by atoms with Crippen LogP contribution in [0.5, 0.6) is 0 Å². The number of rotatable bonds is 1. The second kappa shape index (κ2) is 8.60. The van der Waals surface area contributed by atoms with E-state index in [1.54, 1.807) is 0 Å². The van der Waals surface area contributed by atoms with Gasteiger partial charge in [-0.3, -0.25) is 0 Å². The van der Waals surface area contributed by atoms with Gasteiger partial charge in [-0.25, -0.2) is 0 Å². The molecule has 1 aliphatic carbocycles. The first-order valence-corrected chi connectivity index (χ1v) is 7.03. The lowest BCUT2D eigenvalue weighted by atomic mass is 10.00. The van der Waals surface area contributed by atoms with Crippen LogP contribution < -0.4 is 0 Å². The van der Waals surface area contributed by atoms with Gasteiger partial charge in [0.15, 0.2) is 0 Å². The SMILES string of the molecule is CN(C)N=C1CCCCCCCCCCC1. The molecule has 1 fully saturated rings. The van der Waals surface area contributed by atoms with E-state index in [-0.39, 0.29) is 0 Å². The average molecular weight is 224 g/mol. The van der Waals surface area contributed by atoms with E-state index in [4.69, 9.17) is 0 Å². The second-order valence-corrected chi connectivity index (χ2v) is 5.20. The molecule has 0 aromatic rings. The Bertz CT molecular complexity index is 183. The monoisotopic (exact) mass is 224 g/mol. The van der Waals surface area contributed by atoms with Crippen LogP contribution in [0.4, 0.5) is 0 Å². The highest BCUT2D eigenvalue weighted by atomic mass is 15.4. The molecular weight excluding hydrogens is 196 g/mol. The molecule has 0 bridgehead atoms. The van der Waals surface area contributed by atoms with Crippen molar-refractivity contribution in [3.8, 4) is 0 Å². The minimum Gasteiger partial charge on any atom is -0.303 e. The van der Waals surface area contributed by atoms with Crippen LogP contribution in [0, 0.1) is 0 Å². The van der Waals surface area contributed by atoms with E-state index < -0.39 is 0 Å². The van der Waals surface area contributed by atoms with Crippen LogP contribution in [0.2, 0.25) is 0 Å². The summed E-state index contributed by atoms with van der Waals surface area (Å²) in [4.78, 5) is 0. The molecule has 2 heteroatoms. The Morgan fingerprint density at radius 2 is 1.06 bits per heavy atom. The molecule has 16 heavy (non-hydrogen) atoms. The third-order valence-corrected chi connectivity index (χ3v) is 3.27. The molecule has 0 aliphatic heterocycles. The number of hydrogen-bond acceptors (Lipinski definition) is 2. The summed E-state index contributed by atoms with van der Waals surface area (Å²) < 4.78 is 0. The van der Waals surface area contributed by atoms with Gasteiger partial charge in [0.05, 0.1) is 0 Å². The lowest BCUT2D eigenvalue weighted by Crippen LogP contribution is -2.09. The van der Waals surface area contributed by atoms with E-state index in [9.17, 15) is 0 Å². The molecule has 0 heterocycles. The van der Waals surface area contributed by atoms with Crippen molar-refractivity contribution in [2.24, 2.45) is 5.10 Å². The van der Waals surface area contributed by atoms with Crippen LogP contribution in [0.25, 0.3) is 0 Å². The van der Waals surface area contributed by atoms with Gasteiger partial charge in [-0.1, -0.05) is 44.9 Å². The molecule has 0 aromatic carbocycles. The van der Waals surface area contributed by atoms with E-state index in [1.165, 1.54) is 76.3 Å². The molecule has 0 spiro atoms. The molecule has 0 saturated heterocycles. The van der Waals surface area contributed by atoms with Gasteiger partial charge >= 0.3 is 0 Å². The molecule has 94 valence electrons. The molecule has 0 aromatic heterocycles. The van der Waals surface area contributed by atoms with Gasteiger partial charge in [-0.2, -0.15) is 5.10 Å². The Hall–Kier alpha value is -0.530. The fraction of sp³-hybridized carbons (Fsp3) is 0.929. The fourth-order valence-electron chi connectivity index (χ4n) is 2.40. The molecule has 0 atom stereocenters. The Morgan fingerprint density at radius 3 is 1.44 bits per heavy atom. The third-order valence-electron chi connectivity index (χ3n) is 3.27. The van der Waals surface area contributed by atoms with Crippen molar-refractivity contribution in [2.45, 2.75) is 70.6 Å². The smallest absolute Gasteiger partial charge is 0.0380 e. The largest absolute Gasteiger partial charge is 0.303 e. The van der Waals surface area contributed by atoms with Crippen molar-refractivity contribution in [3.05, 3.63) is 0 Å². The molecule has 0 radical (unpaired) electrons. The zero-order valence-corrected chi connectivity index (χ0v) is 11.2. The Labute approximate surface area is 101 Å². The molecule has 0 unspecified atom stereocenters. The van der Waals surface area contributed by atoms with Crippen LogP contribution in [0.1, 0.15) is 70.6 Å². The highest BCUT2D eigenvalue weighted by Gasteiger charge is 2.03. The van der Waals surface area contributed by atoms with Crippen molar-refractivity contribution in [1.29, 1.82) is 0 Å². The average Bonchev–Trinajstić information content (AvgIpc) is 2.21. The first kappa shape index (κ1) is 13.5. The summed E-state index contributed by atoms with van der Waals surface area (Å²) in [5.74, 6) is 0. The van der Waals surface area contributed by atoms with Gasteiger partial charge in [0, 0.05) is 19.8 Å². The Kier molecular flexibility index (Phi) is 7.28. The van der Waals surface area contributed by atoms with Crippen LogP contribution in [-0.4, -0.2) is 24.8 Å². The lowest BCUT2D eigenvalue weighted by Gasteiger charge is -2.12. The molecule has 1 saturated carbocycles. The maximum absolute atomic E-state index is 4.61. The first-order chi connectivity index (χ1) is 7.79. The third kappa shape index (κ3) is 6.86. The van der Waals surface area contributed by atoms with Gasteiger partial charge in [-0.05, 0) is 25.7 Å². The topological polar surface area (TPSA) is 15.6 Å². The van der Waals surface area contributed by atoms with Crippen molar-refractivity contribution in [3.63, 3.8) is 0 Å². The van der Waals surface area contributed by atoms with Gasteiger partial charge in [-0.15, -0.1) is 0 Å². The molecule has 0 amide bonds.